The molecule has 0 unspecified atom stereocenters. The van der Waals surface area contributed by atoms with Crippen LogP contribution in [0.2, 0.25) is 0 Å². The number of benzene rings is 2. The summed E-state index contributed by atoms with van der Waals surface area (Å²) in [6.07, 6.45) is 2.71. The highest BCUT2D eigenvalue weighted by atomic mass is 32.2. The second-order valence-corrected chi connectivity index (χ2v) is 5.42. The summed E-state index contributed by atoms with van der Waals surface area (Å²) in [7, 11) is 0. The summed E-state index contributed by atoms with van der Waals surface area (Å²) in [6, 6.07) is 14.2. The molecule has 0 amide bonds. The number of hydrogen-bond donors (Lipinski definition) is 0. The molecule has 3 rings (SSSR count). The standard InChI is InChI=1S/C15H13NOS/c17-15-14(8-9-18-15)16-10-12-6-3-5-11-4-1-2-7-13(11)12/h1-7,10,14H,8-9H2/t14-/m0/s1. The van der Waals surface area contributed by atoms with Gasteiger partial charge < -0.3 is 0 Å². The van der Waals surface area contributed by atoms with E-state index in [-0.39, 0.29) is 11.2 Å². The quantitative estimate of drug-likeness (QED) is 0.771. The van der Waals surface area contributed by atoms with Gasteiger partial charge in [-0.25, -0.2) is 0 Å². The van der Waals surface area contributed by atoms with Crippen molar-refractivity contribution >= 4 is 33.9 Å². The lowest BCUT2D eigenvalue weighted by molar-refractivity contribution is -0.111. The van der Waals surface area contributed by atoms with E-state index in [1.807, 2.05) is 30.5 Å². The first-order valence-electron chi connectivity index (χ1n) is 6.02. The first-order valence-corrected chi connectivity index (χ1v) is 7.01. The number of nitrogens with zero attached hydrogens (tertiary/aromatic N) is 1. The lowest BCUT2D eigenvalue weighted by atomic mass is 10.1. The Morgan fingerprint density at radius 1 is 1.17 bits per heavy atom. The molecular formula is C15H13NOS. The van der Waals surface area contributed by atoms with Crippen LogP contribution in [0.25, 0.3) is 10.8 Å². The minimum Gasteiger partial charge on any atom is -0.285 e. The maximum absolute atomic E-state index is 11.5. The summed E-state index contributed by atoms with van der Waals surface area (Å²) in [5, 5.41) is 2.59. The highest BCUT2D eigenvalue weighted by Gasteiger charge is 2.23. The zero-order valence-electron chi connectivity index (χ0n) is 9.87. The molecule has 1 aliphatic rings. The summed E-state index contributed by atoms with van der Waals surface area (Å²) in [4.78, 5) is 15.9. The van der Waals surface area contributed by atoms with Gasteiger partial charge in [0.05, 0.1) is 0 Å². The number of fused-ring (bicyclic) bond motifs is 1. The predicted molar refractivity (Wildman–Crippen MR) is 77.4 cm³/mol. The van der Waals surface area contributed by atoms with E-state index in [0.717, 1.165) is 17.7 Å². The highest BCUT2D eigenvalue weighted by molar-refractivity contribution is 8.14. The lowest BCUT2D eigenvalue weighted by Gasteiger charge is -2.03. The molecule has 2 aromatic carbocycles. The van der Waals surface area contributed by atoms with E-state index in [4.69, 9.17) is 0 Å². The zero-order chi connectivity index (χ0) is 12.4. The van der Waals surface area contributed by atoms with Crippen molar-refractivity contribution in [1.82, 2.24) is 0 Å². The maximum atomic E-state index is 11.5. The Bertz CT molecular complexity index is 615. The van der Waals surface area contributed by atoms with E-state index in [9.17, 15) is 4.79 Å². The SMILES string of the molecule is O=C1SCC[C@@H]1N=Cc1cccc2ccccc12. The molecule has 3 heteroatoms. The van der Waals surface area contributed by atoms with Crippen molar-refractivity contribution in [2.75, 3.05) is 5.75 Å². The zero-order valence-corrected chi connectivity index (χ0v) is 10.7. The second-order valence-electron chi connectivity index (χ2n) is 4.32. The Morgan fingerprint density at radius 2 is 2.00 bits per heavy atom. The van der Waals surface area contributed by atoms with Gasteiger partial charge in [0.1, 0.15) is 6.04 Å². The van der Waals surface area contributed by atoms with Crippen molar-refractivity contribution in [3.05, 3.63) is 48.0 Å². The normalized spacial score (nSPS) is 20.0. The molecule has 18 heavy (non-hydrogen) atoms. The van der Waals surface area contributed by atoms with Crippen LogP contribution < -0.4 is 0 Å². The van der Waals surface area contributed by atoms with E-state index < -0.39 is 0 Å². The summed E-state index contributed by atoms with van der Waals surface area (Å²) in [6.45, 7) is 0. The fourth-order valence-corrected chi connectivity index (χ4v) is 3.07. The van der Waals surface area contributed by atoms with Crippen molar-refractivity contribution in [3.8, 4) is 0 Å². The van der Waals surface area contributed by atoms with Crippen LogP contribution in [0, 0.1) is 0 Å². The summed E-state index contributed by atoms with van der Waals surface area (Å²) in [5.41, 5.74) is 1.08. The number of thioether (sulfide) groups is 1. The Labute approximate surface area is 110 Å². The highest BCUT2D eigenvalue weighted by Crippen LogP contribution is 2.23. The molecule has 0 bridgehead atoms. The Kier molecular flexibility index (Phi) is 3.15. The molecule has 0 N–H and O–H groups in total. The van der Waals surface area contributed by atoms with Crippen LogP contribution in [0.15, 0.2) is 47.5 Å². The van der Waals surface area contributed by atoms with Gasteiger partial charge in [-0.15, -0.1) is 0 Å². The van der Waals surface area contributed by atoms with Crippen LogP contribution in [-0.4, -0.2) is 23.1 Å². The van der Waals surface area contributed by atoms with Crippen LogP contribution in [0.5, 0.6) is 0 Å². The first kappa shape index (κ1) is 11.5. The number of aliphatic imine (C=N–C) groups is 1. The number of carbonyl (C=O) groups is 1. The van der Waals surface area contributed by atoms with Crippen LogP contribution in [0.1, 0.15) is 12.0 Å². The molecule has 0 spiro atoms. The van der Waals surface area contributed by atoms with Gasteiger partial charge in [-0.05, 0) is 17.2 Å². The number of carbonyl (C=O) groups excluding carboxylic acids is 1. The third-order valence-electron chi connectivity index (χ3n) is 3.12. The molecule has 1 saturated heterocycles. The molecule has 1 aliphatic heterocycles. The van der Waals surface area contributed by atoms with Gasteiger partial charge >= 0.3 is 0 Å². The summed E-state index contributed by atoms with van der Waals surface area (Å²) >= 11 is 1.39. The molecular weight excluding hydrogens is 242 g/mol. The average molecular weight is 255 g/mol. The molecule has 90 valence electrons. The predicted octanol–water partition coefficient (Wildman–Crippen LogP) is 3.29. The van der Waals surface area contributed by atoms with Gasteiger partial charge in [0.15, 0.2) is 0 Å². The van der Waals surface area contributed by atoms with Crippen LogP contribution in [0.3, 0.4) is 0 Å². The van der Waals surface area contributed by atoms with E-state index in [2.05, 4.69) is 23.2 Å². The van der Waals surface area contributed by atoms with Gasteiger partial charge in [-0.2, -0.15) is 0 Å². The molecule has 1 fully saturated rings. The topological polar surface area (TPSA) is 29.4 Å². The second kappa shape index (κ2) is 4.94. The van der Waals surface area contributed by atoms with Crippen molar-refractivity contribution < 1.29 is 4.79 Å². The number of rotatable bonds is 2. The summed E-state index contributed by atoms with van der Waals surface area (Å²) < 4.78 is 0. The van der Waals surface area contributed by atoms with E-state index >= 15 is 0 Å². The fourth-order valence-electron chi connectivity index (χ4n) is 2.15. The van der Waals surface area contributed by atoms with E-state index in [0.29, 0.717) is 0 Å². The Balaban J connectivity index is 1.95. The van der Waals surface area contributed by atoms with Gasteiger partial charge in [0, 0.05) is 17.5 Å². The smallest absolute Gasteiger partial charge is 0.213 e. The fraction of sp³-hybridized carbons (Fsp3) is 0.200. The van der Waals surface area contributed by atoms with Gasteiger partial charge in [0.2, 0.25) is 5.12 Å². The molecule has 1 atom stereocenters. The molecule has 0 saturated carbocycles. The third kappa shape index (κ3) is 2.18. The van der Waals surface area contributed by atoms with Crippen LogP contribution in [-0.2, 0) is 4.79 Å². The van der Waals surface area contributed by atoms with Crippen LogP contribution >= 0.6 is 11.8 Å². The van der Waals surface area contributed by atoms with Crippen molar-refractivity contribution in [2.24, 2.45) is 4.99 Å². The summed E-state index contributed by atoms with van der Waals surface area (Å²) in [5.74, 6) is 0.899. The van der Waals surface area contributed by atoms with Gasteiger partial charge in [-0.1, -0.05) is 54.2 Å². The minimum absolute atomic E-state index is 0.144. The molecule has 0 aromatic heterocycles. The minimum atomic E-state index is -0.144. The third-order valence-corrected chi connectivity index (χ3v) is 4.12. The van der Waals surface area contributed by atoms with Gasteiger partial charge in [0.25, 0.3) is 0 Å². The monoisotopic (exact) mass is 255 g/mol. The molecule has 0 aliphatic carbocycles. The molecule has 2 nitrogen and oxygen atoms in total. The lowest BCUT2D eigenvalue weighted by Crippen LogP contribution is -2.08. The van der Waals surface area contributed by atoms with Crippen molar-refractivity contribution in [1.29, 1.82) is 0 Å². The molecule has 2 aromatic rings. The van der Waals surface area contributed by atoms with Crippen LogP contribution in [0.4, 0.5) is 0 Å². The molecule has 0 radical (unpaired) electrons. The van der Waals surface area contributed by atoms with E-state index in [1.54, 1.807) is 0 Å². The first-order chi connectivity index (χ1) is 8.84. The maximum Gasteiger partial charge on any atom is 0.213 e. The number of hydrogen-bond acceptors (Lipinski definition) is 3. The average Bonchev–Trinajstić information content (AvgIpc) is 2.82. The molecule has 1 heterocycles. The Hall–Kier alpha value is -1.61. The van der Waals surface area contributed by atoms with E-state index in [1.165, 1.54) is 22.5 Å². The van der Waals surface area contributed by atoms with Gasteiger partial charge in [-0.3, -0.25) is 9.79 Å². The largest absolute Gasteiger partial charge is 0.285 e. The Morgan fingerprint density at radius 3 is 2.83 bits per heavy atom. The van der Waals surface area contributed by atoms with Crippen molar-refractivity contribution in [3.63, 3.8) is 0 Å². The van der Waals surface area contributed by atoms with Crippen molar-refractivity contribution in [2.45, 2.75) is 12.5 Å².